The lowest BCUT2D eigenvalue weighted by atomic mass is 10.1. The highest BCUT2D eigenvalue weighted by atomic mass is 16.3. The highest BCUT2D eigenvalue weighted by Gasteiger charge is 2.22. The molecule has 0 aromatic heterocycles. The van der Waals surface area contributed by atoms with Crippen LogP contribution in [0, 0.1) is 11.3 Å². The number of aliphatic hydroxyl groups excluding tert-OH is 1. The Morgan fingerprint density at radius 3 is 2.40 bits per heavy atom. The largest absolute Gasteiger partial charge is 0.392 e. The van der Waals surface area contributed by atoms with Crippen molar-refractivity contribution >= 4 is 5.91 Å². The third-order valence-electron chi connectivity index (χ3n) is 3.44. The Labute approximate surface area is 119 Å². The van der Waals surface area contributed by atoms with Crippen LogP contribution in [0.2, 0.25) is 0 Å². The molecule has 1 N–H and O–H groups in total. The summed E-state index contributed by atoms with van der Waals surface area (Å²) >= 11 is 0. The molecule has 0 saturated carbocycles. The van der Waals surface area contributed by atoms with Gasteiger partial charge < -0.3 is 10.0 Å². The summed E-state index contributed by atoms with van der Waals surface area (Å²) in [6, 6.07) is 8.76. The van der Waals surface area contributed by atoms with Gasteiger partial charge in [-0.2, -0.15) is 5.26 Å². The van der Waals surface area contributed by atoms with Gasteiger partial charge in [-0.05, 0) is 31.2 Å². The van der Waals surface area contributed by atoms with E-state index in [-0.39, 0.29) is 12.0 Å². The fraction of sp³-hybridized carbons (Fsp3) is 0.467. The summed E-state index contributed by atoms with van der Waals surface area (Å²) in [5, 5.41) is 18.1. The first-order valence-corrected chi connectivity index (χ1v) is 6.80. The number of hydrogen-bond donors (Lipinski definition) is 1. The number of nitriles is 1. The first-order valence-electron chi connectivity index (χ1n) is 6.80. The fourth-order valence-corrected chi connectivity index (χ4v) is 2.38. The molecule has 0 spiro atoms. The predicted octanol–water partition coefficient (Wildman–Crippen LogP) is 0.697. The molecule has 1 amide bonds. The Bertz CT molecular complexity index is 497. The SMILES string of the molecule is CC(O)CN1CCN(C(=O)c2ccc(C#N)cc2)CC1. The number of β-amino-alcohol motifs (C(OH)–C–C–N with tert-alkyl or cyclic N) is 1. The van der Waals surface area contributed by atoms with Crippen LogP contribution in [-0.4, -0.2) is 59.6 Å². The summed E-state index contributed by atoms with van der Waals surface area (Å²) in [6.45, 7) is 5.34. The standard InChI is InChI=1S/C15H19N3O2/c1-12(19)11-17-6-8-18(9-7-17)15(20)14-4-2-13(10-16)3-5-14/h2-5,12,19H,6-9,11H2,1H3. The number of aliphatic hydroxyl groups is 1. The molecule has 20 heavy (non-hydrogen) atoms. The Hall–Kier alpha value is -1.90. The van der Waals surface area contributed by atoms with Crippen LogP contribution in [-0.2, 0) is 0 Å². The molecule has 0 bridgehead atoms. The van der Waals surface area contributed by atoms with E-state index in [9.17, 15) is 9.90 Å². The predicted molar refractivity (Wildman–Crippen MR) is 75.2 cm³/mol. The molecule has 2 rings (SSSR count). The van der Waals surface area contributed by atoms with Crippen molar-refractivity contribution in [2.24, 2.45) is 0 Å². The third-order valence-corrected chi connectivity index (χ3v) is 3.44. The van der Waals surface area contributed by atoms with Gasteiger partial charge in [-0.3, -0.25) is 9.69 Å². The minimum absolute atomic E-state index is 0.00573. The Kier molecular flexibility index (Phi) is 4.72. The Morgan fingerprint density at radius 1 is 1.30 bits per heavy atom. The zero-order chi connectivity index (χ0) is 14.5. The smallest absolute Gasteiger partial charge is 0.253 e. The van der Waals surface area contributed by atoms with Crippen molar-refractivity contribution in [3.05, 3.63) is 35.4 Å². The van der Waals surface area contributed by atoms with Crippen molar-refractivity contribution in [3.63, 3.8) is 0 Å². The first-order chi connectivity index (χ1) is 9.60. The molecule has 106 valence electrons. The molecular weight excluding hydrogens is 254 g/mol. The van der Waals surface area contributed by atoms with Crippen LogP contribution in [0.25, 0.3) is 0 Å². The molecule has 5 heteroatoms. The zero-order valence-electron chi connectivity index (χ0n) is 11.6. The highest BCUT2D eigenvalue weighted by Crippen LogP contribution is 2.10. The topological polar surface area (TPSA) is 67.6 Å². The van der Waals surface area contributed by atoms with Gasteiger partial charge in [0.15, 0.2) is 0 Å². The quantitative estimate of drug-likeness (QED) is 0.880. The highest BCUT2D eigenvalue weighted by molar-refractivity contribution is 5.94. The van der Waals surface area contributed by atoms with Gasteiger partial charge in [0.2, 0.25) is 0 Å². The van der Waals surface area contributed by atoms with E-state index >= 15 is 0 Å². The van der Waals surface area contributed by atoms with Crippen LogP contribution in [0.4, 0.5) is 0 Å². The second-order valence-electron chi connectivity index (χ2n) is 5.13. The van der Waals surface area contributed by atoms with Crippen molar-refractivity contribution in [1.82, 2.24) is 9.80 Å². The van der Waals surface area contributed by atoms with Gasteiger partial charge in [-0.15, -0.1) is 0 Å². The Morgan fingerprint density at radius 2 is 1.90 bits per heavy atom. The van der Waals surface area contributed by atoms with E-state index in [1.165, 1.54) is 0 Å². The van der Waals surface area contributed by atoms with E-state index in [4.69, 9.17) is 5.26 Å². The number of hydrogen-bond acceptors (Lipinski definition) is 4. The summed E-state index contributed by atoms with van der Waals surface area (Å²) < 4.78 is 0. The maximum absolute atomic E-state index is 12.3. The van der Waals surface area contributed by atoms with E-state index < -0.39 is 0 Å². The van der Waals surface area contributed by atoms with Gasteiger partial charge in [-0.25, -0.2) is 0 Å². The molecule has 1 aromatic rings. The van der Waals surface area contributed by atoms with Crippen LogP contribution in [0.5, 0.6) is 0 Å². The number of carbonyl (C=O) groups excluding carboxylic acids is 1. The number of nitrogens with zero attached hydrogens (tertiary/aromatic N) is 3. The number of piperazine rings is 1. The number of rotatable bonds is 3. The van der Waals surface area contributed by atoms with E-state index in [1.54, 1.807) is 31.2 Å². The summed E-state index contributed by atoms with van der Waals surface area (Å²) in [5.74, 6) is 0.00573. The van der Waals surface area contributed by atoms with Gasteiger partial charge in [-0.1, -0.05) is 0 Å². The zero-order valence-corrected chi connectivity index (χ0v) is 11.6. The first kappa shape index (κ1) is 14.5. The molecule has 1 fully saturated rings. The second-order valence-corrected chi connectivity index (χ2v) is 5.13. The average molecular weight is 273 g/mol. The molecule has 5 nitrogen and oxygen atoms in total. The normalized spacial score (nSPS) is 17.6. The molecule has 0 aliphatic carbocycles. The molecule has 1 aliphatic rings. The van der Waals surface area contributed by atoms with Crippen molar-refractivity contribution in [3.8, 4) is 6.07 Å². The van der Waals surface area contributed by atoms with Gasteiger partial charge in [0, 0.05) is 38.3 Å². The lowest BCUT2D eigenvalue weighted by Crippen LogP contribution is -2.50. The maximum Gasteiger partial charge on any atom is 0.253 e. The summed E-state index contributed by atoms with van der Waals surface area (Å²) in [5.41, 5.74) is 1.18. The van der Waals surface area contributed by atoms with Crippen molar-refractivity contribution < 1.29 is 9.90 Å². The van der Waals surface area contributed by atoms with Gasteiger partial charge in [0.25, 0.3) is 5.91 Å². The Balaban J connectivity index is 1.92. The van der Waals surface area contributed by atoms with Gasteiger partial charge in [0.1, 0.15) is 0 Å². The second kappa shape index (κ2) is 6.51. The van der Waals surface area contributed by atoms with Crippen molar-refractivity contribution in [2.45, 2.75) is 13.0 Å². The fourth-order valence-electron chi connectivity index (χ4n) is 2.38. The monoisotopic (exact) mass is 273 g/mol. The van der Waals surface area contributed by atoms with Crippen molar-refractivity contribution in [2.75, 3.05) is 32.7 Å². The molecule has 1 atom stereocenters. The molecule has 1 saturated heterocycles. The summed E-state index contributed by atoms with van der Waals surface area (Å²) in [7, 11) is 0. The van der Waals surface area contributed by atoms with Crippen LogP contribution >= 0.6 is 0 Å². The third kappa shape index (κ3) is 3.56. The van der Waals surface area contributed by atoms with Crippen LogP contribution < -0.4 is 0 Å². The lowest BCUT2D eigenvalue weighted by molar-refractivity contribution is 0.0554. The van der Waals surface area contributed by atoms with Crippen LogP contribution in [0.3, 0.4) is 0 Å². The van der Waals surface area contributed by atoms with Crippen LogP contribution in [0.15, 0.2) is 24.3 Å². The minimum Gasteiger partial charge on any atom is -0.392 e. The van der Waals surface area contributed by atoms with E-state index in [2.05, 4.69) is 4.90 Å². The van der Waals surface area contributed by atoms with E-state index in [1.807, 2.05) is 11.0 Å². The molecule has 1 aliphatic heterocycles. The lowest BCUT2D eigenvalue weighted by Gasteiger charge is -2.35. The van der Waals surface area contributed by atoms with Gasteiger partial charge >= 0.3 is 0 Å². The average Bonchev–Trinajstić information content (AvgIpc) is 2.47. The van der Waals surface area contributed by atoms with E-state index in [0.29, 0.717) is 30.8 Å². The molecule has 1 aromatic carbocycles. The minimum atomic E-state index is -0.337. The number of benzene rings is 1. The van der Waals surface area contributed by atoms with E-state index in [0.717, 1.165) is 13.1 Å². The van der Waals surface area contributed by atoms with Crippen molar-refractivity contribution in [1.29, 1.82) is 5.26 Å². The number of carbonyl (C=O) groups is 1. The summed E-state index contributed by atoms with van der Waals surface area (Å²) in [4.78, 5) is 16.3. The maximum atomic E-state index is 12.3. The molecule has 1 heterocycles. The molecular formula is C15H19N3O2. The number of amides is 1. The van der Waals surface area contributed by atoms with Crippen LogP contribution in [0.1, 0.15) is 22.8 Å². The molecule has 0 radical (unpaired) electrons. The van der Waals surface area contributed by atoms with Gasteiger partial charge in [0.05, 0.1) is 17.7 Å². The molecule has 1 unspecified atom stereocenters. The summed E-state index contributed by atoms with van der Waals surface area (Å²) in [6.07, 6.45) is -0.337.